The lowest BCUT2D eigenvalue weighted by Gasteiger charge is -2.37. The zero-order chi connectivity index (χ0) is 15.3. The van der Waals surface area contributed by atoms with Crippen molar-refractivity contribution < 1.29 is 27.9 Å². The first-order valence-electron chi connectivity index (χ1n) is 6.39. The van der Waals surface area contributed by atoms with Gasteiger partial charge in [-0.25, -0.2) is 0 Å². The van der Waals surface area contributed by atoms with E-state index in [9.17, 15) is 27.9 Å². The van der Waals surface area contributed by atoms with Gasteiger partial charge in [0.25, 0.3) is 0 Å². The second-order valence-corrected chi connectivity index (χ2v) is 5.83. The molecule has 0 saturated carbocycles. The van der Waals surface area contributed by atoms with Crippen molar-refractivity contribution in [2.45, 2.75) is 51.4 Å². The fourth-order valence-electron chi connectivity index (χ4n) is 2.89. The van der Waals surface area contributed by atoms with Crippen LogP contribution in [0.15, 0.2) is 11.6 Å². The molecule has 2 unspecified atom stereocenters. The van der Waals surface area contributed by atoms with Gasteiger partial charge in [-0.1, -0.05) is 11.6 Å². The van der Waals surface area contributed by atoms with Crippen LogP contribution in [-0.4, -0.2) is 40.1 Å². The molecule has 0 aromatic heterocycles. The molecule has 1 N–H and O–H groups in total. The summed E-state index contributed by atoms with van der Waals surface area (Å²) in [6.07, 6.45) is -2.23. The molecule has 2 bridgehead atoms. The van der Waals surface area contributed by atoms with Crippen molar-refractivity contribution in [1.82, 2.24) is 4.90 Å². The zero-order valence-corrected chi connectivity index (χ0v) is 11.2. The maximum Gasteiger partial charge on any atom is 0.471 e. The van der Waals surface area contributed by atoms with Gasteiger partial charge in [0, 0.05) is 6.04 Å². The Morgan fingerprint density at radius 1 is 1.30 bits per heavy atom. The number of carbonyl (C=O) groups excluding carboxylic acids is 1. The van der Waals surface area contributed by atoms with E-state index in [1.807, 2.05) is 0 Å². The number of aliphatic carboxylic acids is 1. The van der Waals surface area contributed by atoms with Crippen LogP contribution in [0.1, 0.15) is 33.1 Å². The summed E-state index contributed by atoms with van der Waals surface area (Å²) in [5.41, 5.74) is -0.516. The summed E-state index contributed by atoms with van der Waals surface area (Å²) in [5, 5.41) is 9.19. The van der Waals surface area contributed by atoms with E-state index in [1.165, 1.54) is 19.9 Å². The SMILES string of the molecule is CC(C)(C(=O)O)C1=CC2CCC(C1)N2C(=O)C(F)(F)F. The van der Waals surface area contributed by atoms with Gasteiger partial charge in [0.1, 0.15) is 0 Å². The number of fused-ring (bicyclic) bond motifs is 2. The Labute approximate surface area is 114 Å². The number of hydrogen-bond donors (Lipinski definition) is 1. The first kappa shape index (κ1) is 14.9. The summed E-state index contributed by atoms with van der Waals surface area (Å²) < 4.78 is 37.7. The molecular weight excluding hydrogens is 275 g/mol. The Morgan fingerprint density at radius 3 is 2.35 bits per heavy atom. The van der Waals surface area contributed by atoms with E-state index in [0.717, 1.165) is 4.90 Å². The number of alkyl halides is 3. The van der Waals surface area contributed by atoms with Crippen molar-refractivity contribution in [2.24, 2.45) is 5.41 Å². The largest absolute Gasteiger partial charge is 0.481 e. The second-order valence-electron chi connectivity index (χ2n) is 5.83. The number of rotatable bonds is 2. The van der Waals surface area contributed by atoms with Gasteiger partial charge < -0.3 is 10.0 Å². The monoisotopic (exact) mass is 291 g/mol. The first-order valence-corrected chi connectivity index (χ1v) is 6.39. The Balaban J connectivity index is 2.29. The summed E-state index contributed by atoms with van der Waals surface area (Å²) in [4.78, 5) is 23.5. The summed E-state index contributed by atoms with van der Waals surface area (Å²) >= 11 is 0. The van der Waals surface area contributed by atoms with Crippen LogP contribution in [0.25, 0.3) is 0 Å². The van der Waals surface area contributed by atoms with Crippen LogP contribution in [-0.2, 0) is 9.59 Å². The minimum absolute atomic E-state index is 0.192. The third-order valence-corrected chi connectivity index (χ3v) is 4.21. The Kier molecular flexibility index (Phi) is 3.34. The van der Waals surface area contributed by atoms with Crippen molar-refractivity contribution >= 4 is 11.9 Å². The third kappa shape index (κ3) is 2.29. The molecular formula is C13H16F3NO3. The predicted octanol–water partition coefficient (Wildman–Crippen LogP) is 2.35. The van der Waals surface area contributed by atoms with E-state index in [4.69, 9.17) is 0 Å². The molecule has 2 heterocycles. The van der Waals surface area contributed by atoms with E-state index >= 15 is 0 Å². The minimum Gasteiger partial charge on any atom is -0.481 e. The predicted molar refractivity (Wildman–Crippen MR) is 63.8 cm³/mol. The number of nitrogens with zero attached hydrogens (tertiary/aromatic N) is 1. The van der Waals surface area contributed by atoms with E-state index < -0.39 is 35.6 Å². The van der Waals surface area contributed by atoms with Crippen molar-refractivity contribution in [1.29, 1.82) is 0 Å². The average Bonchev–Trinajstić information content (AvgIpc) is 2.56. The molecule has 20 heavy (non-hydrogen) atoms. The number of hydrogen-bond acceptors (Lipinski definition) is 2. The van der Waals surface area contributed by atoms with Crippen molar-refractivity contribution in [2.75, 3.05) is 0 Å². The Bertz CT molecular complexity index is 482. The highest BCUT2D eigenvalue weighted by molar-refractivity contribution is 5.84. The molecule has 7 heteroatoms. The second kappa shape index (κ2) is 4.49. The maximum atomic E-state index is 12.6. The molecule has 0 aliphatic carbocycles. The maximum absolute atomic E-state index is 12.6. The van der Waals surface area contributed by atoms with Crippen LogP contribution in [0.4, 0.5) is 13.2 Å². The van der Waals surface area contributed by atoms with Crippen molar-refractivity contribution in [3.63, 3.8) is 0 Å². The molecule has 0 spiro atoms. The summed E-state index contributed by atoms with van der Waals surface area (Å²) in [6, 6.07) is -1.19. The smallest absolute Gasteiger partial charge is 0.471 e. The molecule has 0 radical (unpaired) electrons. The summed E-state index contributed by atoms with van der Waals surface area (Å²) in [6.45, 7) is 3.06. The molecule has 2 rings (SSSR count). The lowest BCUT2D eigenvalue weighted by atomic mass is 9.79. The van der Waals surface area contributed by atoms with Crippen molar-refractivity contribution in [3.05, 3.63) is 11.6 Å². The standard InChI is InChI=1S/C13H16F3NO3/c1-12(2,11(19)20)7-5-8-3-4-9(6-7)17(8)10(18)13(14,15)16/h5,8-9H,3-4,6H2,1-2H3,(H,19,20). The zero-order valence-electron chi connectivity index (χ0n) is 11.2. The van der Waals surface area contributed by atoms with Gasteiger partial charge in [-0.15, -0.1) is 0 Å². The van der Waals surface area contributed by atoms with E-state index in [-0.39, 0.29) is 6.42 Å². The fourth-order valence-corrected chi connectivity index (χ4v) is 2.89. The van der Waals surface area contributed by atoms with Crippen LogP contribution in [0.5, 0.6) is 0 Å². The van der Waals surface area contributed by atoms with Crippen LogP contribution >= 0.6 is 0 Å². The van der Waals surface area contributed by atoms with Gasteiger partial charge in [0.05, 0.1) is 11.5 Å². The number of carboxylic acid groups (broad SMARTS) is 1. The molecule has 112 valence electrons. The Morgan fingerprint density at radius 2 is 1.90 bits per heavy atom. The highest BCUT2D eigenvalue weighted by atomic mass is 19.4. The van der Waals surface area contributed by atoms with E-state index in [1.54, 1.807) is 0 Å². The van der Waals surface area contributed by atoms with E-state index in [0.29, 0.717) is 18.4 Å². The number of halogens is 3. The van der Waals surface area contributed by atoms with Crippen LogP contribution in [0.2, 0.25) is 0 Å². The Hall–Kier alpha value is -1.53. The quantitative estimate of drug-likeness (QED) is 0.795. The van der Waals surface area contributed by atoms with Crippen LogP contribution < -0.4 is 0 Å². The fraction of sp³-hybridized carbons (Fsp3) is 0.692. The van der Waals surface area contributed by atoms with Gasteiger partial charge in [0.2, 0.25) is 0 Å². The lowest BCUT2D eigenvalue weighted by Crippen LogP contribution is -2.50. The van der Waals surface area contributed by atoms with E-state index in [2.05, 4.69) is 0 Å². The van der Waals surface area contributed by atoms with Gasteiger partial charge in [-0.2, -0.15) is 13.2 Å². The summed E-state index contributed by atoms with van der Waals surface area (Å²) in [7, 11) is 0. The van der Waals surface area contributed by atoms with Crippen LogP contribution in [0.3, 0.4) is 0 Å². The molecule has 1 fully saturated rings. The minimum atomic E-state index is -4.88. The summed E-state index contributed by atoms with van der Waals surface area (Å²) in [5.74, 6) is -2.84. The first-order chi connectivity index (χ1) is 9.05. The number of carboxylic acids is 1. The number of amides is 1. The molecule has 0 aromatic rings. The lowest BCUT2D eigenvalue weighted by molar-refractivity contribution is -0.188. The molecule has 1 amide bonds. The van der Waals surface area contributed by atoms with Gasteiger partial charge in [-0.3, -0.25) is 9.59 Å². The molecule has 2 aliphatic rings. The topological polar surface area (TPSA) is 57.6 Å². The molecule has 4 nitrogen and oxygen atoms in total. The highest BCUT2D eigenvalue weighted by Gasteiger charge is 2.51. The van der Waals surface area contributed by atoms with Crippen LogP contribution in [0, 0.1) is 5.41 Å². The van der Waals surface area contributed by atoms with Gasteiger partial charge in [-0.05, 0) is 33.1 Å². The van der Waals surface area contributed by atoms with Gasteiger partial charge >= 0.3 is 18.1 Å². The molecule has 2 aliphatic heterocycles. The number of carbonyl (C=O) groups is 2. The molecule has 2 atom stereocenters. The average molecular weight is 291 g/mol. The van der Waals surface area contributed by atoms with Gasteiger partial charge in [0.15, 0.2) is 0 Å². The highest BCUT2D eigenvalue weighted by Crippen LogP contribution is 2.43. The normalized spacial score (nSPS) is 26.4. The molecule has 1 saturated heterocycles. The third-order valence-electron chi connectivity index (χ3n) is 4.21. The molecule has 0 aromatic carbocycles. The van der Waals surface area contributed by atoms with Crippen molar-refractivity contribution in [3.8, 4) is 0 Å².